The molecule has 0 spiro atoms. The van der Waals surface area contributed by atoms with Crippen molar-refractivity contribution in [3.05, 3.63) is 48.0 Å². The first-order chi connectivity index (χ1) is 13.2. The minimum absolute atomic E-state index is 0.0887. The summed E-state index contributed by atoms with van der Waals surface area (Å²) in [5.41, 5.74) is -0.354. The Kier molecular flexibility index (Phi) is 5.74. The molecule has 2 aromatic rings. The molecule has 6 nitrogen and oxygen atoms in total. The molecule has 3 rings (SSSR count). The van der Waals surface area contributed by atoms with E-state index in [2.05, 4.69) is 4.72 Å². The second kappa shape index (κ2) is 7.91. The zero-order valence-electron chi connectivity index (χ0n) is 16.3. The van der Waals surface area contributed by atoms with Gasteiger partial charge in [-0.05, 0) is 49.1 Å². The molecule has 1 heterocycles. The molecule has 2 amide bonds. The lowest BCUT2D eigenvalue weighted by molar-refractivity contribution is -0.130. The first kappa shape index (κ1) is 20.3. The van der Waals surface area contributed by atoms with Gasteiger partial charge in [0.25, 0.3) is 5.91 Å². The lowest BCUT2D eigenvalue weighted by Crippen LogP contribution is -2.53. The number of hydrogen-bond donors (Lipinski definition) is 1. The van der Waals surface area contributed by atoms with E-state index < -0.39 is 21.3 Å². The van der Waals surface area contributed by atoms with Crippen LogP contribution in [-0.4, -0.2) is 44.0 Å². The average molecular weight is 403 g/mol. The Morgan fingerprint density at radius 1 is 1.14 bits per heavy atom. The topological polar surface area (TPSA) is 83.6 Å². The van der Waals surface area contributed by atoms with Crippen LogP contribution in [0.5, 0.6) is 0 Å². The molecule has 1 saturated heterocycles. The first-order valence-electron chi connectivity index (χ1n) is 9.57. The van der Waals surface area contributed by atoms with E-state index in [1.54, 1.807) is 24.8 Å². The predicted molar refractivity (Wildman–Crippen MR) is 109 cm³/mol. The summed E-state index contributed by atoms with van der Waals surface area (Å²) in [6.07, 6.45) is 1.63. The quantitative estimate of drug-likeness (QED) is 0.833. The van der Waals surface area contributed by atoms with E-state index in [-0.39, 0.29) is 18.2 Å². The number of amides is 2. The highest BCUT2D eigenvalue weighted by Crippen LogP contribution is 2.31. The zero-order chi connectivity index (χ0) is 20.4. The zero-order valence-corrected chi connectivity index (χ0v) is 17.1. The minimum Gasteiger partial charge on any atom is -0.338 e. The summed E-state index contributed by atoms with van der Waals surface area (Å²) in [5, 5.41) is 2.04. The van der Waals surface area contributed by atoms with Gasteiger partial charge in [0.15, 0.2) is 0 Å². The maximum atomic E-state index is 13.0. The molecule has 1 aliphatic rings. The molecule has 0 saturated carbocycles. The molecule has 0 aromatic heterocycles. The van der Waals surface area contributed by atoms with E-state index >= 15 is 0 Å². The van der Waals surface area contributed by atoms with Crippen molar-refractivity contribution in [2.45, 2.75) is 33.1 Å². The fourth-order valence-electron chi connectivity index (χ4n) is 3.69. The number of piperidine rings is 1. The number of nitrogens with one attached hydrogen (secondary N) is 1. The molecule has 0 aliphatic carbocycles. The minimum atomic E-state index is -3.64. The van der Waals surface area contributed by atoms with Crippen molar-refractivity contribution in [1.29, 1.82) is 0 Å². The van der Waals surface area contributed by atoms with Crippen LogP contribution in [0.2, 0.25) is 0 Å². The van der Waals surface area contributed by atoms with Crippen LogP contribution in [0.3, 0.4) is 0 Å². The molecule has 1 N–H and O–H groups in total. The summed E-state index contributed by atoms with van der Waals surface area (Å²) in [6, 6.07) is 13.4. The van der Waals surface area contributed by atoms with E-state index in [0.29, 0.717) is 31.4 Å². The molecule has 7 heteroatoms. The molecule has 1 aliphatic heterocycles. The largest absolute Gasteiger partial charge is 0.338 e. The Balaban J connectivity index is 1.77. The van der Waals surface area contributed by atoms with Crippen LogP contribution in [0.25, 0.3) is 10.8 Å². The number of nitrogens with zero attached hydrogens (tertiary/aromatic N) is 1. The molecule has 28 heavy (non-hydrogen) atoms. The number of fused-ring (bicyclic) bond motifs is 1. The molecular formula is C21H26N2O4S. The fourth-order valence-corrected chi connectivity index (χ4v) is 4.86. The molecule has 0 radical (unpaired) electrons. The summed E-state index contributed by atoms with van der Waals surface area (Å²) in [5.74, 6) is -0.757. The Labute approximate surface area is 166 Å². The third kappa shape index (κ3) is 4.35. The molecule has 2 aromatic carbocycles. The molecule has 150 valence electrons. The highest BCUT2D eigenvalue weighted by Gasteiger charge is 2.40. The highest BCUT2D eigenvalue weighted by atomic mass is 32.2. The molecule has 1 atom stereocenters. The maximum Gasteiger partial charge on any atom is 0.253 e. The third-order valence-corrected chi connectivity index (χ3v) is 6.69. The van der Waals surface area contributed by atoms with Gasteiger partial charge < -0.3 is 4.90 Å². The van der Waals surface area contributed by atoms with Gasteiger partial charge in [0.05, 0.1) is 11.2 Å². The van der Waals surface area contributed by atoms with Gasteiger partial charge in [0.2, 0.25) is 15.9 Å². The number of carbonyl (C=O) groups excluding carboxylic acids is 2. The summed E-state index contributed by atoms with van der Waals surface area (Å²) < 4.78 is 26.1. The normalized spacial score (nSPS) is 20.1. The van der Waals surface area contributed by atoms with Crippen molar-refractivity contribution in [2.75, 3.05) is 18.8 Å². The van der Waals surface area contributed by atoms with Crippen molar-refractivity contribution in [3.63, 3.8) is 0 Å². The van der Waals surface area contributed by atoms with Gasteiger partial charge in [0.1, 0.15) is 0 Å². The Morgan fingerprint density at radius 2 is 1.86 bits per heavy atom. The number of likely N-dealkylation sites (tertiary alicyclic amines) is 1. The van der Waals surface area contributed by atoms with Crippen LogP contribution in [0.15, 0.2) is 42.5 Å². The summed E-state index contributed by atoms with van der Waals surface area (Å²) in [7, 11) is -3.64. The van der Waals surface area contributed by atoms with Gasteiger partial charge in [-0.3, -0.25) is 14.3 Å². The average Bonchev–Trinajstić information content (AvgIpc) is 2.66. The van der Waals surface area contributed by atoms with Crippen molar-refractivity contribution < 1.29 is 18.0 Å². The molecular weight excluding hydrogens is 376 g/mol. The van der Waals surface area contributed by atoms with Crippen molar-refractivity contribution in [1.82, 2.24) is 9.62 Å². The van der Waals surface area contributed by atoms with Crippen LogP contribution in [0.4, 0.5) is 0 Å². The van der Waals surface area contributed by atoms with Crippen LogP contribution in [0, 0.1) is 5.41 Å². The van der Waals surface area contributed by atoms with Gasteiger partial charge in [-0.15, -0.1) is 0 Å². The molecule has 0 bridgehead atoms. The maximum absolute atomic E-state index is 13.0. The standard InChI is InChI=1S/C21H26N2O4S/c1-3-13-28(26,27)22-20(25)21(2)11-6-12-23(15-21)19(24)18-10-9-16-7-4-5-8-17(16)14-18/h4-5,7-10,14H,3,6,11-13,15H2,1-2H3,(H,22,25). The number of sulfonamides is 1. The summed E-state index contributed by atoms with van der Waals surface area (Å²) in [4.78, 5) is 27.3. The Morgan fingerprint density at radius 3 is 2.57 bits per heavy atom. The van der Waals surface area contributed by atoms with E-state index in [1.807, 2.05) is 36.4 Å². The summed E-state index contributed by atoms with van der Waals surface area (Å²) in [6.45, 7) is 4.22. The van der Waals surface area contributed by atoms with Gasteiger partial charge in [0, 0.05) is 18.7 Å². The third-order valence-electron chi connectivity index (χ3n) is 5.25. The van der Waals surface area contributed by atoms with Crippen LogP contribution < -0.4 is 4.72 Å². The Bertz CT molecular complexity index is 1000. The SMILES string of the molecule is CCCS(=O)(=O)NC(=O)C1(C)CCCN(C(=O)c2ccc3ccccc3c2)C1. The van der Waals surface area contributed by atoms with Gasteiger partial charge in [-0.1, -0.05) is 37.3 Å². The van der Waals surface area contributed by atoms with Gasteiger partial charge in [-0.25, -0.2) is 8.42 Å². The van der Waals surface area contributed by atoms with E-state index in [0.717, 1.165) is 10.8 Å². The van der Waals surface area contributed by atoms with Crippen LogP contribution in [0.1, 0.15) is 43.5 Å². The Hall–Kier alpha value is -2.41. The number of hydrogen-bond acceptors (Lipinski definition) is 4. The summed E-state index contributed by atoms with van der Waals surface area (Å²) >= 11 is 0. The first-order valence-corrected chi connectivity index (χ1v) is 11.2. The van der Waals surface area contributed by atoms with Crippen LogP contribution in [-0.2, 0) is 14.8 Å². The van der Waals surface area contributed by atoms with Gasteiger partial charge >= 0.3 is 0 Å². The monoisotopic (exact) mass is 402 g/mol. The lowest BCUT2D eigenvalue weighted by Gasteiger charge is -2.39. The number of carbonyl (C=O) groups is 2. The second-order valence-electron chi connectivity index (χ2n) is 7.70. The van der Waals surface area contributed by atoms with Crippen molar-refractivity contribution in [2.24, 2.45) is 5.41 Å². The van der Waals surface area contributed by atoms with E-state index in [1.165, 1.54) is 0 Å². The van der Waals surface area contributed by atoms with E-state index in [9.17, 15) is 18.0 Å². The lowest BCUT2D eigenvalue weighted by atomic mass is 9.81. The fraction of sp³-hybridized carbons (Fsp3) is 0.429. The van der Waals surface area contributed by atoms with E-state index in [4.69, 9.17) is 0 Å². The molecule has 1 fully saturated rings. The highest BCUT2D eigenvalue weighted by molar-refractivity contribution is 7.90. The number of rotatable bonds is 5. The van der Waals surface area contributed by atoms with Crippen molar-refractivity contribution >= 4 is 32.6 Å². The second-order valence-corrected chi connectivity index (χ2v) is 9.54. The van der Waals surface area contributed by atoms with Crippen molar-refractivity contribution in [3.8, 4) is 0 Å². The predicted octanol–water partition coefficient (Wildman–Crippen LogP) is 2.94. The van der Waals surface area contributed by atoms with Crippen LogP contribution >= 0.6 is 0 Å². The smallest absolute Gasteiger partial charge is 0.253 e. The van der Waals surface area contributed by atoms with Gasteiger partial charge in [-0.2, -0.15) is 0 Å². The molecule has 1 unspecified atom stereocenters. The number of benzene rings is 2.